The van der Waals surface area contributed by atoms with Gasteiger partial charge >= 0.3 is 0 Å². The minimum Gasteiger partial charge on any atom is -0.497 e. The molecular weight excluding hydrogens is 256 g/mol. The van der Waals surface area contributed by atoms with E-state index in [4.69, 9.17) is 9.73 Å². The number of thioether (sulfide) groups is 1. The lowest BCUT2D eigenvalue weighted by molar-refractivity contribution is 0.359. The average molecular weight is 276 g/mol. The van der Waals surface area contributed by atoms with Gasteiger partial charge in [-0.25, -0.2) is 0 Å². The van der Waals surface area contributed by atoms with E-state index in [2.05, 4.69) is 5.32 Å². The molecule has 1 aromatic carbocycles. The van der Waals surface area contributed by atoms with Gasteiger partial charge in [0.2, 0.25) is 0 Å². The minimum atomic E-state index is 0.510. The third kappa shape index (κ3) is 2.89. The number of amidine groups is 1. The first-order chi connectivity index (χ1) is 9.30. The molecule has 1 N–H and O–H groups in total. The predicted molar refractivity (Wildman–Crippen MR) is 82.3 cm³/mol. The molecular formula is C15H20N2OS. The highest BCUT2D eigenvalue weighted by Gasteiger charge is 2.36. The second kappa shape index (κ2) is 5.45. The van der Waals surface area contributed by atoms with E-state index in [0.29, 0.717) is 5.41 Å². The van der Waals surface area contributed by atoms with E-state index >= 15 is 0 Å². The maximum Gasteiger partial charge on any atom is 0.161 e. The first kappa shape index (κ1) is 12.9. The first-order valence-corrected chi connectivity index (χ1v) is 7.87. The van der Waals surface area contributed by atoms with Crippen molar-refractivity contribution in [3.63, 3.8) is 0 Å². The monoisotopic (exact) mass is 276 g/mol. The van der Waals surface area contributed by atoms with Crippen LogP contribution in [0.25, 0.3) is 0 Å². The van der Waals surface area contributed by atoms with E-state index in [1.165, 1.54) is 31.4 Å². The molecule has 0 bridgehead atoms. The first-order valence-electron chi connectivity index (χ1n) is 6.88. The van der Waals surface area contributed by atoms with Gasteiger partial charge in [0.15, 0.2) is 5.17 Å². The van der Waals surface area contributed by atoms with Gasteiger partial charge in [-0.3, -0.25) is 4.99 Å². The number of hydrogen-bond acceptors (Lipinski definition) is 4. The lowest BCUT2D eigenvalue weighted by Gasteiger charge is -2.31. The van der Waals surface area contributed by atoms with Gasteiger partial charge in [-0.1, -0.05) is 24.6 Å². The van der Waals surface area contributed by atoms with Gasteiger partial charge in [0.25, 0.3) is 0 Å². The Kier molecular flexibility index (Phi) is 3.69. The largest absolute Gasteiger partial charge is 0.497 e. The van der Waals surface area contributed by atoms with E-state index in [1.54, 1.807) is 7.11 Å². The average Bonchev–Trinajstić information content (AvgIpc) is 2.91. The Balaban J connectivity index is 1.62. The van der Waals surface area contributed by atoms with Crippen molar-refractivity contribution in [3.8, 4) is 5.75 Å². The Morgan fingerprint density at radius 3 is 2.53 bits per heavy atom. The normalized spacial score (nSPS) is 21.2. The molecule has 0 aromatic heterocycles. The summed E-state index contributed by atoms with van der Waals surface area (Å²) in [7, 11) is 1.69. The molecule has 0 atom stereocenters. The van der Waals surface area contributed by atoms with E-state index in [9.17, 15) is 0 Å². The van der Waals surface area contributed by atoms with Crippen molar-refractivity contribution in [1.29, 1.82) is 0 Å². The fraction of sp³-hybridized carbons (Fsp3) is 0.533. The Bertz CT molecular complexity index is 464. The van der Waals surface area contributed by atoms with Crippen LogP contribution in [0.1, 0.15) is 25.7 Å². The number of methoxy groups -OCH3 is 1. The maximum atomic E-state index is 5.16. The summed E-state index contributed by atoms with van der Waals surface area (Å²) in [5.74, 6) is 2.10. The molecule has 3 nitrogen and oxygen atoms in total. The number of nitrogens with zero attached hydrogens (tertiary/aromatic N) is 1. The highest BCUT2D eigenvalue weighted by atomic mass is 32.2. The van der Waals surface area contributed by atoms with Crippen LogP contribution in [0.5, 0.6) is 5.75 Å². The highest BCUT2D eigenvalue weighted by molar-refractivity contribution is 8.14. The van der Waals surface area contributed by atoms with Crippen LogP contribution in [-0.2, 0) is 0 Å². The van der Waals surface area contributed by atoms with Crippen LogP contribution in [0, 0.1) is 5.41 Å². The molecule has 0 saturated heterocycles. The molecule has 1 aliphatic carbocycles. The van der Waals surface area contributed by atoms with Crippen LogP contribution < -0.4 is 10.1 Å². The topological polar surface area (TPSA) is 33.6 Å². The molecule has 4 heteroatoms. The Hall–Kier alpha value is -1.16. The molecule has 1 heterocycles. The summed E-state index contributed by atoms with van der Waals surface area (Å²) in [5.41, 5.74) is 1.59. The zero-order valence-electron chi connectivity index (χ0n) is 11.3. The van der Waals surface area contributed by atoms with Gasteiger partial charge in [0.05, 0.1) is 7.11 Å². The van der Waals surface area contributed by atoms with Gasteiger partial charge in [-0.05, 0) is 42.5 Å². The van der Waals surface area contributed by atoms with Gasteiger partial charge in [-0.2, -0.15) is 0 Å². The second-order valence-corrected chi connectivity index (χ2v) is 6.43. The number of ether oxygens (including phenoxy) is 1. The Morgan fingerprint density at radius 1 is 1.21 bits per heavy atom. The van der Waals surface area contributed by atoms with Crippen molar-refractivity contribution in [1.82, 2.24) is 0 Å². The van der Waals surface area contributed by atoms with Crippen LogP contribution in [-0.4, -0.2) is 24.6 Å². The molecule has 1 aromatic rings. The molecule has 0 radical (unpaired) electrons. The summed E-state index contributed by atoms with van der Waals surface area (Å²) in [6.45, 7) is 0.999. The van der Waals surface area contributed by atoms with Crippen molar-refractivity contribution >= 4 is 22.6 Å². The zero-order valence-corrected chi connectivity index (χ0v) is 12.1. The van der Waals surface area contributed by atoms with Crippen LogP contribution in [0.4, 0.5) is 5.69 Å². The number of rotatable bonds is 2. The predicted octanol–water partition coefficient (Wildman–Crippen LogP) is 3.77. The molecule has 1 fully saturated rings. The SMILES string of the molecule is COc1ccc(NC2=NCC3(CCCC3)CS2)cc1. The van der Waals surface area contributed by atoms with Gasteiger partial charge < -0.3 is 10.1 Å². The van der Waals surface area contributed by atoms with Crippen molar-refractivity contribution in [2.45, 2.75) is 25.7 Å². The lowest BCUT2D eigenvalue weighted by atomic mass is 9.89. The lowest BCUT2D eigenvalue weighted by Crippen LogP contribution is -2.30. The van der Waals surface area contributed by atoms with Gasteiger partial charge in [0.1, 0.15) is 5.75 Å². The molecule has 19 heavy (non-hydrogen) atoms. The van der Waals surface area contributed by atoms with E-state index in [0.717, 1.165) is 23.1 Å². The van der Waals surface area contributed by atoms with Gasteiger partial charge in [0, 0.05) is 18.0 Å². The smallest absolute Gasteiger partial charge is 0.161 e. The van der Waals surface area contributed by atoms with Crippen LogP contribution >= 0.6 is 11.8 Å². The summed E-state index contributed by atoms with van der Waals surface area (Å²) in [6.07, 6.45) is 5.49. The third-order valence-corrected chi connectivity index (χ3v) is 5.34. The molecule has 0 amide bonds. The van der Waals surface area contributed by atoms with Crippen molar-refractivity contribution in [2.24, 2.45) is 10.4 Å². The van der Waals surface area contributed by atoms with Crippen LogP contribution in [0.3, 0.4) is 0 Å². The van der Waals surface area contributed by atoms with Crippen molar-refractivity contribution in [2.75, 3.05) is 24.7 Å². The van der Waals surface area contributed by atoms with Crippen molar-refractivity contribution < 1.29 is 4.74 Å². The minimum absolute atomic E-state index is 0.510. The molecule has 1 spiro atoms. The Labute approximate surface area is 118 Å². The number of benzene rings is 1. The van der Waals surface area contributed by atoms with E-state index in [1.807, 2.05) is 36.0 Å². The fourth-order valence-corrected chi connectivity index (χ4v) is 4.02. The standard InChI is InChI=1S/C15H20N2OS/c1-18-13-6-4-12(5-7-13)17-14-16-10-15(11-19-14)8-2-3-9-15/h4-7H,2-3,8-11H2,1H3,(H,16,17). The molecule has 0 unspecified atom stereocenters. The quantitative estimate of drug-likeness (QED) is 0.892. The number of hydrogen-bond donors (Lipinski definition) is 1. The molecule has 2 aliphatic rings. The summed E-state index contributed by atoms with van der Waals surface area (Å²) >= 11 is 1.87. The Morgan fingerprint density at radius 2 is 1.95 bits per heavy atom. The molecule has 102 valence electrons. The zero-order chi connectivity index (χ0) is 13.1. The molecule has 3 rings (SSSR count). The van der Waals surface area contributed by atoms with Crippen molar-refractivity contribution in [3.05, 3.63) is 24.3 Å². The maximum absolute atomic E-state index is 5.16. The summed E-state index contributed by atoms with van der Waals surface area (Å²) in [5, 5.41) is 4.45. The summed E-state index contributed by atoms with van der Waals surface area (Å²) in [4.78, 5) is 4.74. The number of nitrogens with one attached hydrogen (secondary N) is 1. The second-order valence-electron chi connectivity index (χ2n) is 5.47. The van der Waals surface area contributed by atoms with Crippen LogP contribution in [0.15, 0.2) is 29.3 Å². The highest BCUT2D eigenvalue weighted by Crippen LogP contribution is 2.43. The molecule has 1 saturated carbocycles. The number of aliphatic imine (C=N–C) groups is 1. The fourth-order valence-electron chi connectivity index (χ4n) is 2.85. The number of anilines is 1. The third-order valence-electron chi connectivity index (χ3n) is 4.08. The van der Waals surface area contributed by atoms with E-state index < -0.39 is 0 Å². The molecule has 1 aliphatic heterocycles. The van der Waals surface area contributed by atoms with Gasteiger partial charge in [-0.15, -0.1) is 0 Å². The summed E-state index contributed by atoms with van der Waals surface area (Å²) < 4.78 is 5.16. The van der Waals surface area contributed by atoms with Crippen LogP contribution in [0.2, 0.25) is 0 Å². The summed E-state index contributed by atoms with van der Waals surface area (Å²) in [6, 6.07) is 7.99. The van der Waals surface area contributed by atoms with E-state index in [-0.39, 0.29) is 0 Å².